The Kier molecular flexibility index (Phi) is 6.51. The van der Waals surface area contributed by atoms with Gasteiger partial charge in [0.1, 0.15) is 5.82 Å². The number of rotatable bonds is 5. The molecule has 0 bridgehead atoms. The van der Waals surface area contributed by atoms with Crippen LogP contribution in [0.25, 0.3) is 0 Å². The van der Waals surface area contributed by atoms with Gasteiger partial charge in [-0.1, -0.05) is 66.8 Å². The van der Waals surface area contributed by atoms with Crippen LogP contribution in [0.4, 0.5) is 5.13 Å². The lowest BCUT2D eigenvalue weighted by molar-refractivity contribution is -0.137. The molecule has 0 saturated carbocycles. The van der Waals surface area contributed by atoms with E-state index in [9.17, 15) is 14.9 Å². The number of aryl methyl sites for hydroxylation is 1. The first-order valence-corrected chi connectivity index (χ1v) is 12.5. The third-order valence-electron chi connectivity index (χ3n) is 5.92. The Morgan fingerprint density at radius 2 is 2.03 bits per heavy atom. The SMILES string of the molecule is COC(=O)CSc1nnc(N2C(N)=C(C#N)C(c3ccc(C)cc3)C3=C2CC(C)(C)CC3=O)s1. The van der Waals surface area contributed by atoms with Crippen LogP contribution in [0.1, 0.15) is 43.7 Å². The Balaban J connectivity index is 1.84. The lowest BCUT2D eigenvalue weighted by atomic mass is 9.68. The third-order valence-corrected chi connectivity index (χ3v) is 7.94. The zero-order valence-corrected chi connectivity index (χ0v) is 21.0. The number of thioether (sulfide) groups is 1. The van der Waals surface area contributed by atoms with Crippen LogP contribution in [0, 0.1) is 23.7 Å². The summed E-state index contributed by atoms with van der Waals surface area (Å²) in [5.74, 6) is -0.530. The van der Waals surface area contributed by atoms with E-state index in [1.54, 1.807) is 4.90 Å². The minimum Gasteiger partial charge on any atom is -0.468 e. The first kappa shape index (κ1) is 24.0. The molecule has 1 atom stereocenters. The predicted molar refractivity (Wildman–Crippen MR) is 131 cm³/mol. The monoisotopic (exact) mass is 495 g/mol. The molecule has 10 heteroatoms. The number of esters is 1. The molecule has 2 heterocycles. The number of ketones is 1. The predicted octanol–water partition coefficient (Wildman–Crippen LogP) is 4.05. The molecule has 34 heavy (non-hydrogen) atoms. The molecule has 1 aromatic heterocycles. The number of carbonyl (C=O) groups is 2. The largest absolute Gasteiger partial charge is 0.468 e. The molecule has 0 spiro atoms. The van der Waals surface area contributed by atoms with Crippen LogP contribution < -0.4 is 10.6 Å². The number of hydrogen-bond acceptors (Lipinski definition) is 10. The summed E-state index contributed by atoms with van der Waals surface area (Å²) in [6.07, 6.45) is 0.983. The highest BCUT2D eigenvalue weighted by molar-refractivity contribution is 8.01. The number of nitrogens with two attached hydrogens (primary N) is 1. The van der Waals surface area contributed by atoms with E-state index in [0.29, 0.717) is 33.5 Å². The van der Waals surface area contributed by atoms with Gasteiger partial charge in [-0.05, 0) is 24.3 Å². The minimum atomic E-state index is -0.526. The molecule has 4 rings (SSSR count). The van der Waals surface area contributed by atoms with Gasteiger partial charge in [0, 0.05) is 17.7 Å². The third kappa shape index (κ3) is 4.45. The number of allylic oxidation sites excluding steroid dienone is 3. The smallest absolute Gasteiger partial charge is 0.316 e. The normalized spacial score (nSPS) is 19.7. The summed E-state index contributed by atoms with van der Waals surface area (Å²) in [7, 11) is 1.33. The first-order chi connectivity index (χ1) is 16.1. The van der Waals surface area contributed by atoms with Gasteiger partial charge >= 0.3 is 5.97 Å². The Labute approximate surface area is 206 Å². The van der Waals surface area contributed by atoms with Gasteiger partial charge in [0.15, 0.2) is 10.1 Å². The van der Waals surface area contributed by atoms with Crippen molar-refractivity contribution in [1.82, 2.24) is 10.2 Å². The van der Waals surface area contributed by atoms with E-state index in [1.807, 2.05) is 45.0 Å². The lowest BCUT2D eigenvalue weighted by Gasteiger charge is -2.42. The van der Waals surface area contributed by atoms with Crippen molar-refractivity contribution in [2.24, 2.45) is 11.1 Å². The van der Waals surface area contributed by atoms with Crippen LogP contribution in [0.2, 0.25) is 0 Å². The van der Waals surface area contributed by atoms with Crippen molar-refractivity contribution in [1.29, 1.82) is 5.26 Å². The van der Waals surface area contributed by atoms with E-state index in [1.165, 1.54) is 30.2 Å². The van der Waals surface area contributed by atoms with Gasteiger partial charge in [0.25, 0.3) is 0 Å². The van der Waals surface area contributed by atoms with Crippen molar-refractivity contribution in [3.05, 3.63) is 58.1 Å². The molecule has 1 aliphatic carbocycles. The van der Waals surface area contributed by atoms with Gasteiger partial charge in [-0.2, -0.15) is 5.26 Å². The molecular formula is C24H25N5O3S2. The van der Waals surface area contributed by atoms with Crippen LogP contribution in [0.5, 0.6) is 0 Å². The average Bonchev–Trinajstić information content (AvgIpc) is 3.25. The highest BCUT2D eigenvalue weighted by Gasteiger charge is 2.45. The molecule has 176 valence electrons. The van der Waals surface area contributed by atoms with E-state index in [0.717, 1.165) is 16.8 Å². The lowest BCUT2D eigenvalue weighted by Crippen LogP contribution is -2.42. The van der Waals surface area contributed by atoms with Gasteiger partial charge in [0.05, 0.1) is 30.4 Å². The molecule has 0 fully saturated rings. The molecule has 8 nitrogen and oxygen atoms in total. The van der Waals surface area contributed by atoms with Crippen molar-refractivity contribution >= 4 is 40.0 Å². The van der Waals surface area contributed by atoms with Crippen molar-refractivity contribution in [3.63, 3.8) is 0 Å². The molecule has 2 N–H and O–H groups in total. The molecule has 0 radical (unpaired) electrons. The quantitative estimate of drug-likeness (QED) is 0.483. The number of benzene rings is 1. The summed E-state index contributed by atoms with van der Waals surface area (Å²) in [6, 6.07) is 10.1. The fourth-order valence-electron chi connectivity index (χ4n) is 4.35. The minimum absolute atomic E-state index is 0.00637. The summed E-state index contributed by atoms with van der Waals surface area (Å²) >= 11 is 2.47. The van der Waals surface area contributed by atoms with Crippen molar-refractivity contribution in [2.75, 3.05) is 17.8 Å². The van der Waals surface area contributed by atoms with Crippen molar-refractivity contribution in [2.45, 2.75) is 43.9 Å². The number of anilines is 1. The van der Waals surface area contributed by atoms with Gasteiger partial charge in [-0.3, -0.25) is 14.5 Å². The Morgan fingerprint density at radius 3 is 2.68 bits per heavy atom. The summed E-state index contributed by atoms with van der Waals surface area (Å²) in [6.45, 7) is 6.09. The van der Waals surface area contributed by atoms with E-state index in [-0.39, 0.29) is 28.7 Å². The molecule has 1 aromatic carbocycles. The fourth-order valence-corrected chi connectivity index (χ4v) is 6.06. The zero-order chi connectivity index (χ0) is 24.6. The standard InChI is InChI=1S/C24H25N5O3S2/c1-13-5-7-14(8-6-13)19-15(11-25)21(26)29(16-9-24(2,3)10-17(30)20(16)19)22-27-28-23(34-22)33-12-18(31)32-4/h5-8,19H,9-10,12,26H2,1-4H3. The molecule has 2 aliphatic rings. The molecule has 1 aliphatic heterocycles. The number of Topliss-reactive ketones (excluding diaryl/α,β-unsaturated/α-hetero) is 1. The number of carbonyl (C=O) groups excluding carboxylic acids is 2. The van der Waals surface area contributed by atoms with E-state index in [4.69, 9.17) is 5.73 Å². The number of methoxy groups -OCH3 is 1. The molecule has 1 unspecified atom stereocenters. The number of nitrogens with zero attached hydrogens (tertiary/aromatic N) is 4. The topological polar surface area (TPSA) is 122 Å². The van der Waals surface area contributed by atoms with Gasteiger partial charge < -0.3 is 10.5 Å². The molecule has 0 amide bonds. The summed E-state index contributed by atoms with van der Waals surface area (Å²) in [5, 5.41) is 19.1. The number of nitriles is 1. The Morgan fingerprint density at radius 1 is 1.32 bits per heavy atom. The van der Waals surface area contributed by atoms with Crippen LogP contribution >= 0.6 is 23.1 Å². The highest BCUT2D eigenvalue weighted by Crippen LogP contribution is 2.50. The summed E-state index contributed by atoms with van der Waals surface area (Å²) in [5.41, 5.74) is 9.95. The first-order valence-electron chi connectivity index (χ1n) is 10.7. The van der Waals surface area contributed by atoms with Crippen LogP contribution in [0.15, 0.2) is 51.3 Å². The molecule has 2 aromatic rings. The van der Waals surface area contributed by atoms with Crippen LogP contribution in [-0.2, 0) is 14.3 Å². The van der Waals surface area contributed by atoms with Gasteiger partial charge in [0.2, 0.25) is 5.13 Å². The second-order valence-corrected chi connectivity index (χ2v) is 11.3. The molecule has 0 saturated heterocycles. The maximum absolute atomic E-state index is 13.5. The van der Waals surface area contributed by atoms with Crippen molar-refractivity contribution in [3.8, 4) is 6.07 Å². The summed E-state index contributed by atoms with van der Waals surface area (Å²) in [4.78, 5) is 26.7. The highest BCUT2D eigenvalue weighted by atomic mass is 32.2. The Bertz CT molecular complexity index is 1250. The average molecular weight is 496 g/mol. The number of ether oxygens (including phenoxy) is 1. The number of hydrogen-bond donors (Lipinski definition) is 1. The molecular weight excluding hydrogens is 470 g/mol. The Hall–Kier alpha value is -3.16. The van der Waals surface area contributed by atoms with Gasteiger partial charge in [-0.15, -0.1) is 10.2 Å². The number of aromatic nitrogens is 2. The maximum atomic E-state index is 13.5. The van der Waals surface area contributed by atoms with Crippen molar-refractivity contribution < 1.29 is 14.3 Å². The summed E-state index contributed by atoms with van der Waals surface area (Å²) < 4.78 is 5.25. The van der Waals surface area contributed by atoms with E-state index in [2.05, 4.69) is 21.0 Å². The zero-order valence-electron chi connectivity index (χ0n) is 19.4. The maximum Gasteiger partial charge on any atom is 0.316 e. The fraction of sp³-hybridized carbons (Fsp3) is 0.375. The van der Waals surface area contributed by atoms with E-state index < -0.39 is 5.92 Å². The second-order valence-electron chi connectivity index (χ2n) is 9.11. The van der Waals surface area contributed by atoms with Crippen LogP contribution in [-0.4, -0.2) is 34.8 Å². The van der Waals surface area contributed by atoms with Crippen LogP contribution in [0.3, 0.4) is 0 Å². The van der Waals surface area contributed by atoms with E-state index >= 15 is 0 Å². The van der Waals surface area contributed by atoms with Gasteiger partial charge in [-0.25, -0.2) is 0 Å². The second kappa shape index (κ2) is 9.24.